The summed E-state index contributed by atoms with van der Waals surface area (Å²) >= 11 is -6.55. The van der Waals surface area contributed by atoms with E-state index in [0.29, 0.717) is 0 Å². The molecule has 0 amide bonds. The Hall–Kier alpha value is 0.146. The number of rotatable bonds is 0. The number of hydrogen-bond acceptors (Lipinski definition) is 0. The van der Waals surface area contributed by atoms with Gasteiger partial charge in [0.25, 0.3) is 0 Å². The van der Waals surface area contributed by atoms with Crippen LogP contribution in [0.5, 0.6) is 0 Å². The van der Waals surface area contributed by atoms with Gasteiger partial charge >= 0.3 is 55.8 Å². The first-order chi connectivity index (χ1) is 4.15. The summed E-state index contributed by atoms with van der Waals surface area (Å²) in [6.45, 7) is 0. The number of hydrogen-bond donors (Lipinski definition) is 0. The molecule has 0 aromatic heterocycles. The maximum atomic E-state index is 11.4. The van der Waals surface area contributed by atoms with Gasteiger partial charge in [0.2, 0.25) is 0 Å². The molecule has 60 valence electrons. The van der Waals surface area contributed by atoms with Crippen LogP contribution < -0.4 is 0 Å². The average molecular weight is 227 g/mol. The van der Waals surface area contributed by atoms with E-state index < -0.39 is 26.2 Å². The van der Waals surface area contributed by atoms with E-state index in [-0.39, 0.29) is 0 Å². The minimum absolute atomic E-state index is 5.66. The third-order valence-electron chi connectivity index (χ3n) is 0.575. The third-order valence-corrected chi connectivity index (χ3v) is 2.99. The van der Waals surface area contributed by atoms with Crippen LogP contribution >= 0.6 is 0 Å². The van der Waals surface area contributed by atoms with Gasteiger partial charge in [0.1, 0.15) is 0 Å². The van der Waals surface area contributed by atoms with Crippen LogP contribution in [0.3, 0.4) is 0 Å². The Kier molecular flexibility index (Phi) is 2.68. The molecule has 0 rings (SSSR count). The van der Waals surface area contributed by atoms with Gasteiger partial charge in [-0.15, -0.1) is 0 Å². The predicted octanol–water partition coefficient (Wildman–Crippen LogP) is 2.15. The molecular formula is C2F7Ga. The van der Waals surface area contributed by atoms with Crippen molar-refractivity contribution in [3.63, 3.8) is 0 Å². The van der Waals surface area contributed by atoms with Gasteiger partial charge in [0.15, 0.2) is 0 Å². The second-order valence-corrected chi connectivity index (χ2v) is 5.71. The first kappa shape index (κ1) is 10.1. The van der Waals surface area contributed by atoms with Crippen LogP contribution in [0, 0.1) is 0 Å². The van der Waals surface area contributed by atoms with Crippen molar-refractivity contribution < 1.29 is 29.6 Å². The molecule has 0 saturated carbocycles. The number of alkyl halides is 6. The van der Waals surface area contributed by atoms with Gasteiger partial charge in [-0.3, -0.25) is 0 Å². The van der Waals surface area contributed by atoms with E-state index in [4.69, 9.17) is 0 Å². The van der Waals surface area contributed by atoms with Crippen molar-refractivity contribution in [1.29, 1.82) is 0 Å². The van der Waals surface area contributed by atoms with Crippen LogP contribution in [-0.2, 0) is 0 Å². The molecule has 0 radical (unpaired) electrons. The van der Waals surface area contributed by atoms with Gasteiger partial charge in [-0.05, 0) is 0 Å². The third kappa shape index (κ3) is 2.82. The van der Waals surface area contributed by atoms with E-state index in [2.05, 4.69) is 0 Å². The molecule has 0 aromatic rings. The van der Waals surface area contributed by atoms with E-state index in [1.807, 2.05) is 0 Å². The van der Waals surface area contributed by atoms with Crippen molar-refractivity contribution in [2.45, 2.75) is 9.46 Å². The SMILES string of the molecule is [F][Ga]([C](F)(F)F)[C](F)(F)F. The summed E-state index contributed by atoms with van der Waals surface area (Å²) in [5.41, 5.74) is 0. The summed E-state index contributed by atoms with van der Waals surface area (Å²) < 4.78 is 65.6. The summed E-state index contributed by atoms with van der Waals surface area (Å²) in [7, 11) is 0. The molecule has 0 aliphatic heterocycles. The fourth-order valence-corrected chi connectivity index (χ4v) is 0.964. The van der Waals surface area contributed by atoms with Crippen molar-refractivity contribution in [2.24, 2.45) is 0 Å². The van der Waals surface area contributed by atoms with Crippen LogP contribution in [0.4, 0.5) is 29.6 Å². The second-order valence-electron chi connectivity index (χ2n) is 1.45. The van der Waals surface area contributed by atoms with Gasteiger partial charge < -0.3 is 0 Å². The molecule has 0 bridgehead atoms. The molecule has 0 spiro atoms. The van der Waals surface area contributed by atoms with Crippen LogP contribution in [0.15, 0.2) is 0 Å². The van der Waals surface area contributed by atoms with Crippen molar-refractivity contribution in [1.82, 2.24) is 0 Å². The topological polar surface area (TPSA) is 0 Å². The average Bonchev–Trinajstić information content (AvgIpc) is 1.59. The molecule has 0 unspecified atom stereocenters. The quantitative estimate of drug-likeness (QED) is 0.439. The fourth-order valence-electron chi connectivity index (χ4n) is 0.186. The second kappa shape index (κ2) is 2.65. The Bertz CT molecular complexity index is 95.8. The molecule has 0 N–H and O–H groups in total. The van der Waals surface area contributed by atoms with Gasteiger partial charge in [-0.1, -0.05) is 0 Å². The Morgan fingerprint density at radius 1 is 0.700 bits per heavy atom. The first-order valence-corrected chi connectivity index (χ1v) is 5.27. The first-order valence-electron chi connectivity index (χ1n) is 1.93. The zero-order valence-corrected chi connectivity index (χ0v) is 6.65. The maximum absolute atomic E-state index is 11.4. The van der Waals surface area contributed by atoms with Gasteiger partial charge in [-0.2, -0.15) is 0 Å². The summed E-state index contributed by atoms with van der Waals surface area (Å²) in [6.07, 6.45) is 0. The standard InChI is InChI=1S/2CF3.FH.Ga/c2*2-1(3)4;;/h;;1H;/q;;;+1/p-1. The van der Waals surface area contributed by atoms with Crippen molar-refractivity contribution in [2.75, 3.05) is 0 Å². The molecule has 0 aromatic carbocycles. The fraction of sp³-hybridized carbons (Fsp3) is 1.00. The summed E-state index contributed by atoms with van der Waals surface area (Å²) in [5.74, 6) is 0. The Morgan fingerprint density at radius 3 is 0.900 bits per heavy atom. The zero-order chi connectivity index (χ0) is 8.58. The molecule has 0 aliphatic carbocycles. The van der Waals surface area contributed by atoms with Crippen LogP contribution in [0.2, 0.25) is 0 Å². The van der Waals surface area contributed by atoms with Crippen molar-refractivity contribution in [3.05, 3.63) is 0 Å². The molecule has 0 saturated heterocycles. The van der Waals surface area contributed by atoms with Gasteiger partial charge in [-0.25, -0.2) is 0 Å². The summed E-state index contributed by atoms with van der Waals surface area (Å²) in [6, 6.07) is 0. The molecular weight excluding hydrogens is 227 g/mol. The molecule has 0 heterocycles. The van der Waals surface area contributed by atoms with Crippen molar-refractivity contribution in [3.8, 4) is 0 Å². The minimum atomic E-state index is -6.55. The van der Waals surface area contributed by atoms with Crippen LogP contribution in [0.25, 0.3) is 0 Å². The van der Waals surface area contributed by atoms with Crippen LogP contribution in [-0.4, -0.2) is 26.2 Å². The zero-order valence-electron chi connectivity index (χ0n) is 4.22. The summed E-state index contributed by atoms with van der Waals surface area (Å²) in [5, 5.41) is 0. The monoisotopic (exact) mass is 226 g/mol. The Labute approximate surface area is 56.6 Å². The van der Waals surface area contributed by atoms with E-state index >= 15 is 0 Å². The van der Waals surface area contributed by atoms with Crippen LogP contribution in [0.1, 0.15) is 0 Å². The normalized spacial score (nSPS) is 13.5. The molecule has 10 heavy (non-hydrogen) atoms. The van der Waals surface area contributed by atoms with E-state index in [0.717, 1.165) is 0 Å². The molecule has 0 atom stereocenters. The summed E-state index contributed by atoms with van der Waals surface area (Å²) in [4.78, 5) is 0. The Balaban J connectivity index is 4.23. The number of halogens is 7. The Morgan fingerprint density at radius 2 is 0.900 bits per heavy atom. The molecule has 0 nitrogen and oxygen atoms in total. The van der Waals surface area contributed by atoms with Gasteiger partial charge in [0.05, 0.1) is 0 Å². The van der Waals surface area contributed by atoms with Crippen molar-refractivity contribution >= 4 is 16.7 Å². The molecule has 0 aliphatic rings. The van der Waals surface area contributed by atoms with Gasteiger partial charge in [0, 0.05) is 0 Å². The molecule has 8 heteroatoms. The van der Waals surface area contributed by atoms with E-state index in [9.17, 15) is 29.6 Å². The van der Waals surface area contributed by atoms with E-state index in [1.165, 1.54) is 0 Å². The predicted molar refractivity (Wildman–Crippen MR) is 19.0 cm³/mol. The molecule has 0 fully saturated rings. The van der Waals surface area contributed by atoms with E-state index in [1.54, 1.807) is 0 Å².